The lowest BCUT2D eigenvalue weighted by atomic mass is 10.2. The summed E-state index contributed by atoms with van der Waals surface area (Å²) in [5, 5.41) is 2.50. The number of hydrogen-bond acceptors (Lipinski definition) is 3. The molecule has 1 N–H and O–H groups in total. The van der Waals surface area contributed by atoms with Gasteiger partial charge in [-0.05, 0) is 25.0 Å². The molecule has 0 atom stereocenters. The van der Waals surface area contributed by atoms with E-state index in [0.717, 1.165) is 44.3 Å². The van der Waals surface area contributed by atoms with Crippen LogP contribution in [-0.4, -0.2) is 41.3 Å². The first-order valence-corrected chi connectivity index (χ1v) is 6.97. The summed E-state index contributed by atoms with van der Waals surface area (Å²) in [6.07, 6.45) is -1.48. The van der Waals surface area contributed by atoms with Gasteiger partial charge in [0.2, 0.25) is 5.91 Å². The highest BCUT2D eigenvalue weighted by Crippen LogP contribution is 2.27. The summed E-state index contributed by atoms with van der Waals surface area (Å²) in [6.45, 7) is 1.64. The lowest BCUT2D eigenvalue weighted by Gasteiger charge is -2.15. The van der Waals surface area contributed by atoms with Crippen LogP contribution in [-0.2, 0) is 11.0 Å². The lowest BCUT2D eigenvalue weighted by Crippen LogP contribution is -2.32. The second kappa shape index (κ2) is 6.76. The monoisotopic (exact) mass is 315 g/mol. The minimum absolute atomic E-state index is 0.0247. The van der Waals surface area contributed by atoms with Crippen molar-refractivity contribution < 1.29 is 22.8 Å². The summed E-state index contributed by atoms with van der Waals surface area (Å²) in [6, 6.07) is 1.82. The van der Waals surface area contributed by atoms with Crippen molar-refractivity contribution in [3.05, 3.63) is 29.6 Å². The Balaban J connectivity index is 1.80. The molecule has 5 nitrogen and oxygen atoms in total. The van der Waals surface area contributed by atoms with E-state index in [2.05, 4.69) is 10.3 Å². The summed E-state index contributed by atoms with van der Waals surface area (Å²) in [5.74, 6) is -0.571. The minimum Gasteiger partial charge on any atom is -0.351 e. The van der Waals surface area contributed by atoms with Gasteiger partial charge in [0.05, 0.1) is 5.56 Å². The second-order valence-electron chi connectivity index (χ2n) is 5.02. The van der Waals surface area contributed by atoms with Gasteiger partial charge in [-0.25, -0.2) is 0 Å². The Hall–Kier alpha value is -2.12. The first-order chi connectivity index (χ1) is 10.4. The number of hydrogen-bond donors (Lipinski definition) is 1. The fraction of sp³-hybridized carbons (Fsp3) is 0.500. The summed E-state index contributed by atoms with van der Waals surface area (Å²) in [7, 11) is 0. The van der Waals surface area contributed by atoms with E-state index in [1.165, 1.54) is 0 Å². The topological polar surface area (TPSA) is 62.3 Å². The van der Waals surface area contributed by atoms with Gasteiger partial charge in [-0.15, -0.1) is 0 Å². The number of alkyl halides is 3. The fourth-order valence-electron chi connectivity index (χ4n) is 2.21. The largest absolute Gasteiger partial charge is 0.433 e. The average molecular weight is 315 g/mol. The molecular formula is C14H16F3N3O2. The number of halogens is 3. The number of carbonyl (C=O) groups is 2. The third kappa shape index (κ3) is 4.19. The van der Waals surface area contributed by atoms with Crippen molar-refractivity contribution in [1.29, 1.82) is 0 Å². The van der Waals surface area contributed by atoms with Crippen molar-refractivity contribution in [3.8, 4) is 0 Å². The Labute approximate surface area is 125 Å². The molecule has 2 heterocycles. The van der Waals surface area contributed by atoms with Gasteiger partial charge >= 0.3 is 6.18 Å². The van der Waals surface area contributed by atoms with Crippen LogP contribution < -0.4 is 5.32 Å². The van der Waals surface area contributed by atoms with E-state index >= 15 is 0 Å². The van der Waals surface area contributed by atoms with Crippen LogP contribution in [0.5, 0.6) is 0 Å². The van der Waals surface area contributed by atoms with Gasteiger partial charge < -0.3 is 10.2 Å². The van der Waals surface area contributed by atoms with Gasteiger partial charge in [-0.1, -0.05) is 0 Å². The zero-order chi connectivity index (χ0) is 16.2. The molecular weight excluding hydrogens is 299 g/mol. The maximum atomic E-state index is 12.4. The normalized spacial score (nSPS) is 15.0. The molecule has 120 valence electrons. The summed E-state index contributed by atoms with van der Waals surface area (Å²) >= 11 is 0. The highest BCUT2D eigenvalue weighted by Gasteiger charge is 2.32. The van der Waals surface area contributed by atoms with Crippen LogP contribution >= 0.6 is 0 Å². The zero-order valence-electron chi connectivity index (χ0n) is 11.8. The quantitative estimate of drug-likeness (QED) is 0.922. The van der Waals surface area contributed by atoms with Gasteiger partial charge in [0.15, 0.2) is 0 Å². The molecule has 0 bridgehead atoms. The molecule has 8 heteroatoms. The van der Waals surface area contributed by atoms with E-state index in [1.54, 1.807) is 4.90 Å². The van der Waals surface area contributed by atoms with E-state index in [9.17, 15) is 22.8 Å². The van der Waals surface area contributed by atoms with Gasteiger partial charge in [0.25, 0.3) is 5.91 Å². The Kier molecular flexibility index (Phi) is 4.99. The molecule has 2 rings (SSSR count). The molecule has 2 amide bonds. The molecule has 1 aromatic rings. The highest BCUT2D eigenvalue weighted by molar-refractivity contribution is 5.94. The van der Waals surface area contributed by atoms with E-state index in [4.69, 9.17) is 0 Å². The third-order valence-electron chi connectivity index (χ3n) is 3.40. The van der Waals surface area contributed by atoms with Crippen LogP contribution in [0.1, 0.15) is 35.3 Å². The number of amides is 2. The second-order valence-corrected chi connectivity index (χ2v) is 5.02. The van der Waals surface area contributed by atoms with Gasteiger partial charge in [-0.2, -0.15) is 13.2 Å². The molecule has 0 aliphatic carbocycles. The van der Waals surface area contributed by atoms with Crippen molar-refractivity contribution in [3.63, 3.8) is 0 Å². The van der Waals surface area contributed by atoms with Crippen LogP contribution in [0.4, 0.5) is 13.2 Å². The van der Waals surface area contributed by atoms with Crippen LogP contribution in [0.2, 0.25) is 0 Å². The molecule has 22 heavy (non-hydrogen) atoms. The third-order valence-corrected chi connectivity index (χ3v) is 3.40. The smallest absolute Gasteiger partial charge is 0.351 e. The maximum absolute atomic E-state index is 12.4. The van der Waals surface area contributed by atoms with Gasteiger partial charge in [0, 0.05) is 32.3 Å². The number of nitrogens with one attached hydrogen (secondary N) is 1. The SMILES string of the molecule is O=C(NCCC(=O)N1CCCC1)c1ccc(C(F)(F)F)nc1. The molecule has 1 aliphatic heterocycles. The first kappa shape index (κ1) is 16.3. The number of nitrogens with zero attached hydrogens (tertiary/aromatic N) is 2. The zero-order valence-corrected chi connectivity index (χ0v) is 11.8. The average Bonchev–Trinajstić information content (AvgIpc) is 3.00. The molecule has 1 saturated heterocycles. The van der Waals surface area contributed by atoms with Crippen LogP contribution in [0, 0.1) is 0 Å². The number of carbonyl (C=O) groups excluding carboxylic acids is 2. The highest BCUT2D eigenvalue weighted by atomic mass is 19.4. The standard InChI is InChI=1S/C14H16F3N3O2/c15-14(16,17)11-4-3-10(9-19-11)13(22)18-6-5-12(21)20-7-1-2-8-20/h3-4,9H,1-2,5-8H2,(H,18,22). The molecule has 1 aromatic heterocycles. The van der Waals surface area contributed by atoms with E-state index in [-0.39, 0.29) is 24.4 Å². The predicted molar refractivity (Wildman–Crippen MR) is 72.0 cm³/mol. The molecule has 0 aromatic carbocycles. The molecule has 0 radical (unpaired) electrons. The Morgan fingerprint density at radius 1 is 1.23 bits per heavy atom. The minimum atomic E-state index is -4.53. The van der Waals surface area contributed by atoms with E-state index in [0.29, 0.717) is 0 Å². The van der Waals surface area contributed by atoms with Crippen molar-refractivity contribution >= 4 is 11.8 Å². The van der Waals surface area contributed by atoms with Crippen LogP contribution in [0.25, 0.3) is 0 Å². The molecule has 1 fully saturated rings. The summed E-state index contributed by atoms with van der Waals surface area (Å²) < 4.78 is 37.1. The van der Waals surface area contributed by atoms with Crippen LogP contribution in [0.3, 0.4) is 0 Å². The molecule has 0 saturated carbocycles. The Bertz CT molecular complexity index is 537. The van der Waals surface area contributed by atoms with Crippen molar-refractivity contribution in [2.75, 3.05) is 19.6 Å². The number of likely N-dealkylation sites (tertiary alicyclic amines) is 1. The van der Waals surface area contributed by atoms with Crippen molar-refractivity contribution in [2.45, 2.75) is 25.4 Å². The molecule has 1 aliphatic rings. The van der Waals surface area contributed by atoms with E-state index < -0.39 is 17.8 Å². The van der Waals surface area contributed by atoms with Gasteiger partial charge in [0.1, 0.15) is 5.69 Å². The Morgan fingerprint density at radius 3 is 2.45 bits per heavy atom. The maximum Gasteiger partial charge on any atom is 0.433 e. The predicted octanol–water partition coefficient (Wildman–Crippen LogP) is 1.84. The first-order valence-electron chi connectivity index (χ1n) is 6.97. The molecule has 0 spiro atoms. The number of pyridine rings is 1. The van der Waals surface area contributed by atoms with Crippen molar-refractivity contribution in [2.24, 2.45) is 0 Å². The van der Waals surface area contributed by atoms with Crippen LogP contribution in [0.15, 0.2) is 18.3 Å². The van der Waals surface area contributed by atoms with Gasteiger partial charge in [-0.3, -0.25) is 14.6 Å². The molecule has 0 unspecified atom stereocenters. The lowest BCUT2D eigenvalue weighted by molar-refractivity contribution is -0.141. The van der Waals surface area contributed by atoms with Crippen molar-refractivity contribution in [1.82, 2.24) is 15.2 Å². The van der Waals surface area contributed by atoms with E-state index in [1.807, 2.05) is 0 Å². The number of rotatable bonds is 4. The summed E-state index contributed by atoms with van der Waals surface area (Å²) in [4.78, 5) is 28.5. The fourth-order valence-corrected chi connectivity index (χ4v) is 2.21. The summed E-state index contributed by atoms with van der Waals surface area (Å²) in [5.41, 5.74) is -1.02. The number of aromatic nitrogens is 1. The Morgan fingerprint density at radius 2 is 1.91 bits per heavy atom.